The number of thiophene rings is 1. The Morgan fingerprint density at radius 3 is 2.74 bits per heavy atom. The number of anilines is 2. The molecule has 7 rings (SSSR count). The molecule has 2 aromatic carbocycles. The number of halogens is 3. The molecule has 222 valence electrons. The number of aromatic nitrogens is 2. The molecule has 5 heterocycles. The van der Waals surface area contributed by atoms with Crippen LogP contribution in [0.3, 0.4) is 0 Å². The van der Waals surface area contributed by atoms with E-state index in [0.717, 1.165) is 49.5 Å². The minimum atomic E-state index is -1.76. The molecule has 3 aliphatic heterocycles. The average molecular weight is 606 g/mol. The number of hydrogen-bond donors (Lipinski definition) is 2. The van der Waals surface area contributed by atoms with Crippen molar-refractivity contribution >= 4 is 43.1 Å². The summed E-state index contributed by atoms with van der Waals surface area (Å²) in [6.07, 6.45) is 3.40. The third-order valence-corrected chi connectivity index (χ3v) is 10.0. The first-order chi connectivity index (χ1) is 20.9. The van der Waals surface area contributed by atoms with Gasteiger partial charge in [-0.15, -0.1) is 11.3 Å². The van der Waals surface area contributed by atoms with E-state index >= 15 is 4.39 Å². The molecule has 0 bridgehead atoms. The molecule has 8 nitrogen and oxygen atoms in total. The molecule has 4 aromatic rings. The number of piperazine rings is 1. The van der Waals surface area contributed by atoms with E-state index < -0.39 is 17.9 Å². The van der Waals surface area contributed by atoms with Gasteiger partial charge in [0.05, 0.1) is 11.1 Å². The Bertz CT molecular complexity index is 1790. The van der Waals surface area contributed by atoms with Gasteiger partial charge in [0, 0.05) is 46.7 Å². The summed E-state index contributed by atoms with van der Waals surface area (Å²) in [5.41, 5.74) is 7.27. The van der Waals surface area contributed by atoms with Crippen LogP contribution in [0.4, 0.5) is 24.0 Å². The van der Waals surface area contributed by atoms with Crippen LogP contribution < -0.4 is 20.7 Å². The van der Waals surface area contributed by atoms with Gasteiger partial charge < -0.3 is 20.7 Å². The second-order valence-electron chi connectivity index (χ2n) is 11.5. The van der Waals surface area contributed by atoms with Crippen LogP contribution in [0.5, 0.6) is 6.01 Å². The van der Waals surface area contributed by atoms with Crippen LogP contribution in [0.25, 0.3) is 32.1 Å². The van der Waals surface area contributed by atoms with Gasteiger partial charge in [0.15, 0.2) is 5.82 Å². The molecule has 3 saturated heterocycles. The molecule has 1 unspecified atom stereocenters. The van der Waals surface area contributed by atoms with Gasteiger partial charge in [-0.05, 0) is 62.5 Å². The van der Waals surface area contributed by atoms with E-state index in [4.69, 9.17) is 15.5 Å². The number of benzene rings is 2. The maximum Gasteiger partial charge on any atom is 0.319 e. The number of nitriles is 1. The van der Waals surface area contributed by atoms with Crippen LogP contribution in [0.1, 0.15) is 31.2 Å². The maximum absolute atomic E-state index is 16.7. The molecule has 43 heavy (non-hydrogen) atoms. The van der Waals surface area contributed by atoms with E-state index in [9.17, 15) is 14.0 Å². The third-order valence-electron chi connectivity index (χ3n) is 9.02. The molecule has 0 amide bonds. The van der Waals surface area contributed by atoms with Crippen molar-refractivity contribution in [1.29, 1.82) is 5.26 Å². The smallest absolute Gasteiger partial charge is 0.319 e. The number of nitrogen functional groups attached to an aromatic ring is 1. The number of ether oxygens (including phenoxy) is 1. The first kappa shape index (κ1) is 27.9. The Morgan fingerprint density at radius 2 is 1.98 bits per heavy atom. The van der Waals surface area contributed by atoms with Crippen molar-refractivity contribution in [1.82, 2.24) is 20.2 Å². The normalized spacial score (nSPS) is 20.0. The number of nitrogens with one attached hydrogen (secondary N) is 1. The van der Waals surface area contributed by atoms with Gasteiger partial charge in [0.2, 0.25) is 0 Å². The Labute approximate surface area is 250 Å². The van der Waals surface area contributed by atoms with E-state index in [-0.39, 0.29) is 29.2 Å². The van der Waals surface area contributed by atoms with Crippen LogP contribution in [0.2, 0.25) is 0 Å². The molecule has 3 N–H and O–H groups in total. The largest absolute Gasteiger partial charge is 0.461 e. The van der Waals surface area contributed by atoms with Crippen molar-refractivity contribution in [3.8, 4) is 23.2 Å². The van der Waals surface area contributed by atoms with Crippen molar-refractivity contribution in [3.63, 3.8) is 0 Å². The summed E-state index contributed by atoms with van der Waals surface area (Å²) in [5.74, 6) is -0.136. The highest BCUT2D eigenvalue weighted by Crippen LogP contribution is 2.43. The quantitative estimate of drug-likeness (QED) is 0.290. The molecule has 3 aliphatic rings. The predicted octanol–water partition coefficient (Wildman–Crippen LogP) is 5.67. The number of nitrogens with two attached hydrogens (primary N) is 1. The average Bonchev–Trinajstić information content (AvgIpc) is 3.67. The predicted molar refractivity (Wildman–Crippen MR) is 162 cm³/mol. The first-order valence-electron chi connectivity index (χ1n) is 14.5. The highest BCUT2D eigenvalue weighted by atomic mass is 32.1. The second-order valence-corrected chi connectivity index (χ2v) is 12.5. The fraction of sp³-hybridized carbons (Fsp3) is 0.387. The van der Waals surface area contributed by atoms with Gasteiger partial charge in [0.1, 0.15) is 29.0 Å². The minimum Gasteiger partial charge on any atom is -0.461 e. The molecule has 1 atom stereocenters. The van der Waals surface area contributed by atoms with Gasteiger partial charge in [-0.25, -0.2) is 4.39 Å². The van der Waals surface area contributed by atoms with E-state index in [1.54, 1.807) is 18.2 Å². The molecule has 3 fully saturated rings. The molecule has 0 spiro atoms. The van der Waals surface area contributed by atoms with Crippen LogP contribution in [0, 0.1) is 17.1 Å². The molecule has 12 heteroatoms. The van der Waals surface area contributed by atoms with Crippen molar-refractivity contribution < 1.29 is 17.9 Å². The summed E-state index contributed by atoms with van der Waals surface area (Å²) in [4.78, 5) is 13.7. The lowest BCUT2D eigenvalue weighted by Gasteiger charge is -2.34. The first-order valence-corrected chi connectivity index (χ1v) is 15.3. The van der Waals surface area contributed by atoms with Crippen LogP contribution in [-0.2, 0) is 0 Å². The topological polar surface area (TPSA) is 103 Å². The third kappa shape index (κ3) is 4.85. The second kappa shape index (κ2) is 11.0. The van der Waals surface area contributed by atoms with Gasteiger partial charge >= 0.3 is 6.01 Å². The Morgan fingerprint density at radius 1 is 1.16 bits per heavy atom. The highest BCUT2D eigenvalue weighted by Gasteiger charge is 2.45. The van der Waals surface area contributed by atoms with Crippen LogP contribution in [0.15, 0.2) is 42.5 Å². The Balaban J connectivity index is 1.35. The van der Waals surface area contributed by atoms with Crippen molar-refractivity contribution in [2.45, 2.75) is 37.3 Å². The lowest BCUT2D eigenvalue weighted by Crippen LogP contribution is -2.50. The summed E-state index contributed by atoms with van der Waals surface area (Å²) in [6.45, 7) is 3.64. The number of nitrogens with zero attached hydrogens (tertiary/aromatic N) is 5. The zero-order chi connectivity index (χ0) is 29.7. The molecule has 0 aliphatic carbocycles. The number of fused-ring (bicyclic) bond motifs is 3. The summed E-state index contributed by atoms with van der Waals surface area (Å²) >= 11 is 1.29. The number of rotatable bonds is 6. The van der Waals surface area contributed by atoms with Crippen LogP contribution >= 0.6 is 11.3 Å². The zero-order valence-electron chi connectivity index (χ0n) is 23.4. The van der Waals surface area contributed by atoms with Crippen molar-refractivity contribution in [2.75, 3.05) is 50.0 Å². The summed E-state index contributed by atoms with van der Waals surface area (Å²) in [5, 5.41) is 14.3. The Kier molecular flexibility index (Phi) is 7.12. The van der Waals surface area contributed by atoms with Crippen molar-refractivity contribution in [2.24, 2.45) is 0 Å². The summed E-state index contributed by atoms with van der Waals surface area (Å²) in [6, 6.07) is 10.5. The zero-order valence-corrected chi connectivity index (χ0v) is 24.2. The lowest BCUT2D eigenvalue weighted by atomic mass is 9.95. The molecule has 0 saturated carbocycles. The fourth-order valence-electron chi connectivity index (χ4n) is 7.04. The molecule has 2 aromatic heterocycles. The summed E-state index contributed by atoms with van der Waals surface area (Å²) < 4.78 is 50.0. The number of hydrogen-bond acceptors (Lipinski definition) is 9. The summed E-state index contributed by atoms with van der Waals surface area (Å²) in [7, 11) is 0. The van der Waals surface area contributed by atoms with E-state index in [0.29, 0.717) is 52.4 Å². The standard InChI is InChI=1S/C31H30F3N7OS/c32-24(33)14-18-16-40(13-10-37-18)29-21-7-6-20(19-4-1-5-23-25(19)22(15-35)28(36)43-23)26(34)27(21)38-30(39-29)42-17-31-8-2-11-41(31)12-3-9-31/h1,4-7,14,18,37H,2-3,8-13,16-17,36H2. The Hall–Kier alpha value is -3.92. The molecular formula is C31H30F3N7OS. The van der Waals surface area contributed by atoms with Gasteiger partial charge in [0.25, 0.3) is 6.08 Å². The molecular weight excluding hydrogens is 575 g/mol. The SMILES string of the molecule is N#Cc1c(N)sc2cccc(-c3ccc4c(N5CCNC(C=C(F)F)C5)nc(OCC56CCCN5CCC6)nc4c3F)c12. The lowest BCUT2D eigenvalue weighted by molar-refractivity contribution is 0.108. The minimum absolute atomic E-state index is 0.0599. The maximum atomic E-state index is 16.7. The van der Waals surface area contributed by atoms with E-state index in [1.807, 2.05) is 17.0 Å². The molecule has 0 radical (unpaired) electrons. The van der Waals surface area contributed by atoms with Gasteiger partial charge in [-0.1, -0.05) is 18.2 Å². The monoisotopic (exact) mass is 605 g/mol. The van der Waals surface area contributed by atoms with E-state index in [2.05, 4.69) is 21.3 Å². The van der Waals surface area contributed by atoms with Crippen LogP contribution in [-0.4, -0.2) is 65.8 Å². The van der Waals surface area contributed by atoms with Gasteiger partial charge in [-0.3, -0.25) is 4.90 Å². The van der Waals surface area contributed by atoms with Gasteiger partial charge in [-0.2, -0.15) is 24.0 Å². The highest BCUT2D eigenvalue weighted by molar-refractivity contribution is 7.23. The van der Waals surface area contributed by atoms with Crippen molar-refractivity contribution in [3.05, 3.63) is 53.9 Å². The van der Waals surface area contributed by atoms with E-state index in [1.165, 1.54) is 11.3 Å². The fourth-order valence-corrected chi connectivity index (χ4v) is 7.98.